The minimum Gasteiger partial charge on any atom is -0.446 e. The number of carbonyl (C=O) groups excluding carboxylic acids is 3. The summed E-state index contributed by atoms with van der Waals surface area (Å²) in [4.78, 5) is 62.2. The molecular weight excluding hydrogens is 741 g/mol. The second-order valence-corrected chi connectivity index (χ2v) is 16.7. The van der Waals surface area contributed by atoms with Crippen LogP contribution < -0.4 is 5.73 Å². The van der Waals surface area contributed by atoms with E-state index in [1.54, 1.807) is 0 Å². The monoisotopic (exact) mass is 794 g/mol. The van der Waals surface area contributed by atoms with Crippen LogP contribution in [0, 0.1) is 5.92 Å². The zero-order valence-corrected chi connectivity index (χ0v) is 33.6. The predicted octanol–water partition coefficient (Wildman–Crippen LogP) is 8.34. The van der Waals surface area contributed by atoms with Gasteiger partial charge < -0.3 is 30.2 Å². The maximum absolute atomic E-state index is 14.4. The number of hydrogen-bond donors (Lipinski definition) is 3. The molecule has 0 radical (unpaired) electrons. The Morgan fingerprint density at radius 1 is 0.610 bits per heavy atom. The molecule has 3 atom stereocenters. The molecule has 9 rings (SSSR count). The first kappa shape index (κ1) is 38.8. The number of imidazole rings is 2. The lowest BCUT2D eigenvalue weighted by atomic mass is 9.86. The fourth-order valence-corrected chi connectivity index (χ4v) is 9.92. The first-order valence-corrected chi connectivity index (χ1v) is 21.6. The fourth-order valence-electron chi connectivity index (χ4n) is 9.92. The SMILES string of the molecule is NC(=O)O[C@H]1CC[C@@H](C(=O)N2CCC[C@H]2c2ncc(-c3ccc(-c4ccc(-c5cnc([C@@H]6CCCN6C(=O)C(c6ccccc6)N6CCCCC6)[nH]5)cc4)cc3)[nH]2)CC1. The Morgan fingerprint density at radius 2 is 1.14 bits per heavy atom. The number of amides is 3. The van der Waals surface area contributed by atoms with Gasteiger partial charge in [0.1, 0.15) is 23.8 Å². The van der Waals surface area contributed by atoms with Gasteiger partial charge in [-0.3, -0.25) is 14.5 Å². The molecule has 3 aromatic carbocycles. The van der Waals surface area contributed by atoms with Crippen LogP contribution in [-0.4, -0.2) is 84.8 Å². The molecule has 1 aliphatic carbocycles. The number of hydrogen-bond acceptors (Lipinski definition) is 7. The van der Waals surface area contributed by atoms with E-state index >= 15 is 0 Å². The summed E-state index contributed by atoms with van der Waals surface area (Å²) in [6.07, 6.45) is 12.7. The molecule has 59 heavy (non-hydrogen) atoms. The van der Waals surface area contributed by atoms with E-state index in [9.17, 15) is 14.4 Å². The lowest BCUT2D eigenvalue weighted by Crippen LogP contribution is -2.44. The number of aromatic amines is 2. The second-order valence-electron chi connectivity index (χ2n) is 16.7. The Kier molecular flexibility index (Phi) is 11.3. The summed E-state index contributed by atoms with van der Waals surface area (Å²) in [5, 5.41) is 0. The second kappa shape index (κ2) is 17.2. The van der Waals surface area contributed by atoms with Crippen molar-refractivity contribution in [3.63, 3.8) is 0 Å². The van der Waals surface area contributed by atoms with Gasteiger partial charge in [-0.25, -0.2) is 14.8 Å². The summed E-state index contributed by atoms with van der Waals surface area (Å²) >= 11 is 0. The van der Waals surface area contributed by atoms with Crippen LogP contribution in [0.5, 0.6) is 0 Å². The zero-order chi connectivity index (χ0) is 40.3. The smallest absolute Gasteiger partial charge is 0.404 e. The zero-order valence-electron chi connectivity index (χ0n) is 33.6. The van der Waals surface area contributed by atoms with Gasteiger partial charge in [0, 0.05) is 19.0 Å². The molecular formula is C47H54N8O4. The van der Waals surface area contributed by atoms with Crippen LogP contribution in [0.1, 0.15) is 106 Å². The van der Waals surface area contributed by atoms with E-state index in [1.165, 1.54) is 6.42 Å². The molecule has 2 aromatic heterocycles. The van der Waals surface area contributed by atoms with Crippen molar-refractivity contribution in [1.29, 1.82) is 0 Å². The van der Waals surface area contributed by atoms with Crippen molar-refractivity contribution in [2.45, 2.75) is 94.9 Å². The van der Waals surface area contributed by atoms with E-state index in [0.29, 0.717) is 25.7 Å². The third kappa shape index (κ3) is 8.28. The van der Waals surface area contributed by atoms with Crippen LogP contribution in [0.15, 0.2) is 91.3 Å². The number of aromatic nitrogens is 4. The summed E-state index contributed by atoms with van der Waals surface area (Å²) in [6, 6.07) is 26.8. The molecule has 306 valence electrons. The number of rotatable bonds is 10. The molecule has 3 aliphatic heterocycles. The molecule has 4 fully saturated rings. The van der Waals surface area contributed by atoms with Crippen molar-refractivity contribution in [3.8, 4) is 33.6 Å². The molecule has 4 aliphatic rings. The molecule has 0 bridgehead atoms. The first-order valence-electron chi connectivity index (χ1n) is 21.6. The van der Waals surface area contributed by atoms with Gasteiger partial charge in [-0.15, -0.1) is 0 Å². The number of nitrogens with zero attached hydrogens (tertiary/aromatic N) is 5. The Labute approximate surface area is 345 Å². The van der Waals surface area contributed by atoms with E-state index < -0.39 is 6.09 Å². The minimum absolute atomic E-state index is 0.0703. The van der Waals surface area contributed by atoms with Gasteiger partial charge in [-0.2, -0.15) is 0 Å². The van der Waals surface area contributed by atoms with Crippen LogP contribution >= 0.6 is 0 Å². The topological polar surface area (TPSA) is 154 Å². The van der Waals surface area contributed by atoms with Crippen molar-refractivity contribution in [3.05, 3.63) is 108 Å². The normalized spacial score (nSPS) is 23.0. The van der Waals surface area contributed by atoms with Crippen LogP contribution in [0.4, 0.5) is 4.79 Å². The van der Waals surface area contributed by atoms with Crippen LogP contribution in [-0.2, 0) is 14.3 Å². The summed E-state index contributed by atoms with van der Waals surface area (Å²) in [6.45, 7) is 3.37. The molecule has 0 spiro atoms. The number of H-pyrrole nitrogens is 2. The van der Waals surface area contributed by atoms with Gasteiger partial charge in [0.25, 0.3) is 0 Å². The minimum atomic E-state index is -0.750. The maximum Gasteiger partial charge on any atom is 0.404 e. The number of nitrogens with two attached hydrogens (primary N) is 1. The quantitative estimate of drug-likeness (QED) is 0.128. The highest BCUT2D eigenvalue weighted by molar-refractivity contribution is 5.84. The highest BCUT2D eigenvalue weighted by atomic mass is 16.6. The maximum atomic E-state index is 14.4. The third-order valence-electron chi connectivity index (χ3n) is 13.0. The first-order chi connectivity index (χ1) is 28.9. The number of benzene rings is 3. The summed E-state index contributed by atoms with van der Waals surface area (Å²) in [5.74, 6) is 1.94. The van der Waals surface area contributed by atoms with Crippen molar-refractivity contribution >= 4 is 17.9 Å². The molecule has 12 nitrogen and oxygen atoms in total. The van der Waals surface area contributed by atoms with Gasteiger partial charge in [0.2, 0.25) is 11.8 Å². The highest BCUT2D eigenvalue weighted by Crippen LogP contribution is 2.38. The van der Waals surface area contributed by atoms with Gasteiger partial charge in [0.15, 0.2) is 0 Å². The molecule has 1 saturated carbocycles. The lowest BCUT2D eigenvalue weighted by molar-refractivity contribution is -0.139. The molecule has 5 aromatic rings. The molecule has 4 N–H and O–H groups in total. The van der Waals surface area contributed by atoms with Crippen LogP contribution in [0.25, 0.3) is 33.6 Å². The lowest BCUT2D eigenvalue weighted by Gasteiger charge is -2.37. The van der Waals surface area contributed by atoms with E-state index in [0.717, 1.165) is 116 Å². The van der Waals surface area contributed by atoms with Gasteiger partial charge in [0.05, 0.1) is 35.9 Å². The third-order valence-corrected chi connectivity index (χ3v) is 13.0. The average Bonchev–Trinajstić information content (AvgIpc) is 4.12. The van der Waals surface area contributed by atoms with Crippen molar-refractivity contribution < 1.29 is 19.1 Å². The van der Waals surface area contributed by atoms with Crippen molar-refractivity contribution in [1.82, 2.24) is 34.6 Å². The van der Waals surface area contributed by atoms with E-state index in [-0.39, 0.29) is 42.0 Å². The average molecular weight is 795 g/mol. The fraction of sp³-hybridized carbons (Fsp3) is 0.426. The van der Waals surface area contributed by atoms with Gasteiger partial charge in [-0.1, -0.05) is 85.3 Å². The Hall–Kier alpha value is -5.75. The van der Waals surface area contributed by atoms with Gasteiger partial charge >= 0.3 is 6.09 Å². The summed E-state index contributed by atoms with van der Waals surface area (Å²) in [7, 11) is 0. The number of primary amides is 1. The predicted molar refractivity (Wildman–Crippen MR) is 225 cm³/mol. The number of carbonyl (C=O) groups is 3. The number of ether oxygens (including phenoxy) is 1. The summed E-state index contributed by atoms with van der Waals surface area (Å²) < 4.78 is 5.17. The molecule has 12 heteroatoms. The Bertz CT molecular complexity index is 2220. The van der Waals surface area contributed by atoms with Crippen molar-refractivity contribution in [2.24, 2.45) is 11.7 Å². The standard InChI is InChI=1S/C47H54N8O4/c48-47(58)59-37-23-21-36(22-24-37)45(56)54-27-7-11-40(54)43-49-29-38(51-43)33-17-13-31(14-18-33)32-15-19-34(20-16-32)39-30-50-44(52-39)41-12-8-28-55(41)46(57)42(35-9-3-1-4-10-35)53-25-5-2-6-26-53/h1,3-4,9-10,13-20,29-30,36-37,40-42H,2,5-8,11-12,21-28H2,(H2,48,58)(H,49,51)(H,50,52)/t36-,37+,40-,41-,42?/m0/s1. The number of nitrogens with one attached hydrogen (secondary N) is 2. The largest absolute Gasteiger partial charge is 0.446 e. The Morgan fingerprint density at radius 3 is 1.69 bits per heavy atom. The highest BCUT2D eigenvalue weighted by Gasteiger charge is 2.40. The van der Waals surface area contributed by atoms with Crippen molar-refractivity contribution in [2.75, 3.05) is 26.2 Å². The molecule has 5 heterocycles. The van der Waals surface area contributed by atoms with Gasteiger partial charge in [-0.05, 0) is 105 Å². The molecule has 3 amide bonds. The Balaban J connectivity index is 0.836. The molecule has 1 unspecified atom stereocenters. The number of likely N-dealkylation sites (tertiary alicyclic amines) is 3. The van der Waals surface area contributed by atoms with E-state index in [1.807, 2.05) is 35.5 Å². The van der Waals surface area contributed by atoms with Crippen LogP contribution in [0.2, 0.25) is 0 Å². The van der Waals surface area contributed by atoms with E-state index in [4.69, 9.17) is 20.4 Å². The van der Waals surface area contributed by atoms with E-state index in [2.05, 4.69) is 80.4 Å². The molecule has 3 saturated heterocycles. The van der Waals surface area contributed by atoms with Crippen LogP contribution in [0.3, 0.4) is 0 Å². The summed E-state index contributed by atoms with van der Waals surface area (Å²) in [5.41, 5.74) is 12.4. The number of piperidine rings is 1.